The molecule has 2 aromatic rings. The molecule has 0 aliphatic carbocycles. The summed E-state index contributed by atoms with van der Waals surface area (Å²) in [4.78, 5) is 15.8. The summed E-state index contributed by atoms with van der Waals surface area (Å²) >= 11 is 6.16. The number of rotatable bonds is 5. The van der Waals surface area contributed by atoms with Crippen LogP contribution in [0.4, 0.5) is 0 Å². The predicted octanol–water partition coefficient (Wildman–Crippen LogP) is 3.87. The molecule has 0 aliphatic heterocycles. The van der Waals surface area contributed by atoms with Crippen molar-refractivity contribution in [2.45, 2.75) is 26.5 Å². The van der Waals surface area contributed by atoms with E-state index in [9.17, 15) is 4.79 Å². The van der Waals surface area contributed by atoms with Crippen molar-refractivity contribution < 1.29 is 9.53 Å². The Morgan fingerprint density at radius 3 is 2.55 bits per heavy atom. The van der Waals surface area contributed by atoms with E-state index < -0.39 is 0 Å². The lowest BCUT2D eigenvalue weighted by Crippen LogP contribution is -2.22. The number of benzene rings is 1. The van der Waals surface area contributed by atoms with Gasteiger partial charge in [0.2, 0.25) is 0 Å². The molecule has 4 nitrogen and oxygen atoms in total. The van der Waals surface area contributed by atoms with Crippen molar-refractivity contribution in [3.63, 3.8) is 0 Å². The van der Waals surface area contributed by atoms with Gasteiger partial charge >= 0.3 is 0 Å². The Morgan fingerprint density at radius 2 is 1.95 bits per heavy atom. The van der Waals surface area contributed by atoms with E-state index in [-0.39, 0.29) is 24.4 Å². The fourth-order valence-electron chi connectivity index (χ4n) is 1.79. The van der Waals surface area contributed by atoms with E-state index in [4.69, 9.17) is 16.3 Å². The minimum Gasteiger partial charge on any atom is -0.489 e. The second-order valence-electron chi connectivity index (χ2n) is 4.85. The number of hydrogen-bond donors (Lipinski definition) is 1. The van der Waals surface area contributed by atoms with Gasteiger partial charge in [-0.2, -0.15) is 0 Å². The Balaban J connectivity index is 0.00000242. The topological polar surface area (TPSA) is 51.2 Å². The highest BCUT2D eigenvalue weighted by Gasteiger charge is 2.07. The fourth-order valence-corrected chi connectivity index (χ4v) is 2.04. The third-order valence-electron chi connectivity index (χ3n) is 2.75. The Morgan fingerprint density at radius 1 is 1.27 bits per heavy atom. The number of ether oxygens (including phenoxy) is 1. The molecule has 0 unspecified atom stereocenters. The Bertz CT molecular complexity index is 619. The van der Waals surface area contributed by atoms with Crippen LogP contribution in [0.1, 0.15) is 29.8 Å². The Labute approximate surface area is 141 Å². The molecular weight excluding hydrogens is 323 g/mol. The van der Waals surface area contributed by atoms with Crippen LogP contribution in [0.3, 0.4) is 0 Å². The average Bonchev–Trinajstić information content (AvgIpc) is 2.48. The monoisotopic (exact) mass is 340 g/mol. The van der Waals surface area contributed by atoms with E-state index in [1.165, 1.54) is 0 Å². The van der Waals surface area contributed by atoms with Crippen molar-refractivity contribution in [2.75, 3.05) is 0 Å². The van der Waals surface area contributed by atoms with Gasteiger partial charge in [0.15, 0.2) is 0 Å². The van der Waals surface area contributed by atoms with Gasteiger partial charge in [-0.15, -0.1) is 12.4 Å². The normalized spacial score (nSPS) is 10.0. The van der Waals surface area contributed by atoms with Crippen LogP contribution in [-0.2, 0) is 6.54 Å². The van der Waals surface area contributed by atoms with Gasteiger partial charge in [-0.25, -0.2) is 0 Å². The Kier molecular flexibility index (Phi) is 7.15. The molecular formula is C16H18Cl2N2O2. The second kappa shape index (κ2) is 8.61. The van der Waals surface area contributed by atoms with Crippen LogP contribution in [0.15, 0.2) is 42.7 Å². The molecule has 1 amide bonds. The molecule has 6 heteroatoms. The van der Waals surface area contributed by atoms with Crippen LogP contribution in [-0.4, -0.2) is 17.0 Å². The largest absolute Gasteiger partial charge is 0.489 e. The first-order chi connectivity index (χ1) is 10.1. The number of carbonyl (C=O) groups is 1. The quantitative estimate of drug-likeness (QED) is 0.898. The minimum atomic E-state index is -0.143. The van der Waals surface area contributed by atoms with Gasteiger partial charge in [0.25, 0.3) is 5.91 Å². The number of hydrogen-bond acceptors (Lipinski definition) is 3. The summed E-state index contributed by atoms with van der Waals surface area (Å²) in [6.45, 7) is 4.29. The summed E-state index contributed by atoms with van der Waals surface area (Å²) in [5, 5.41) is 3.38. The van der Waals surface area contributed by atoms with Gasteiger partial charge in [0.05, 0.1) is 11.1 Å². The third-order valence-corrected chi connectivity index (χ3v) is 3.05. The molecule has 0 atom stereocenters. The standard InChI is InChI=1S/C16H17ClN2O2.ClH/c1-11(2)21-15-4-3-12(9-14(15)17)10-19-16(20)13-5-7-18-8-6-13;/h3-9,11H,10H2,1-2H3,(H,19,20);1H. The van der Waals surface area contributed by atoms with E-state index in [0.717, 1.165) is 5.56 Å². The maximum absolute atomic E-state index is 11.9. The SMILES string of the molecule is CC(C)Oc1ccc(CNC(=O)c2ccncc2)cc1Cl.Cl. The summed E-state index contributed by atoms with van der Waals surface area (Å²) in [7, 11) is 0. The zero-order valence-electron chi connectivity index (χ0n) is 12.4. The van der Waals surface area contributed by atoms with Crippen LogP contribution >= 0.6 is 24.0 Å². The van der Waals surface area contributed by atoms with Crippen LogP contribution in [0, 0.1) is 0 Å². The zero-order chi connectivity index (χ0) is 15.2. The summed E-state index contributed by atoms with van der Waals surface area (Å²) in [6, 6.07) is 8.84. The molecule has 0 spiro atoms. The lowest BCUT2D eigenvalue weighted by atomic mass is 10.2. The molecule has 2 rings (SSSR count). The minimum absolute atomic E-state index is 0. The van der Waals surface area contributed by atoms with Crippen molar-refractivity contribution in [1.82, 2.24) is 10.3 Å². The number of aromatic nitrogens is 1. The molecule has 0 saturated carbocycles. The molecule has 0 bridgehead atoms. The highest BCUT2D eigenvalue weighted by molar-refractivity contribution is 6.32. The van der Waals surface area contributed by atoms with E-state index >= 15 is 0 Å². The van der Waals surface area contributed by atoms with Gasteiger partial charge in [-0.05, 0) is 43.7 Å². The smallest absolute Gasteiger partial charge is 0.251 e. The molecule has 0 fully saturated rings. The fraction of sp³-hybridized carbons (Fsp3) is 0.250. The van der Waals surface area contributed by atoms with E-state index in [1.54, 1.807) is 30.6 Å². The molecule has 1 aromatic heterocycles. The van der Waals surface area contributed by atoms with Crippen molar-refractivity contribution in [2.24, 2.45) is 0 Å². The van der Waals surface area contributed by atoms with Crippen LogP contribution in [0.25, 0.3) is 0 Å². The number of carbonyl (C=O) groups excluding carboxylic acids is 1. The zero-order valence-corrected chi connectivity index (χ0v) is 13.9. The molecule has 0 saturated heterocycles. The number of nitrogens with one attached hydrogen (secondary N) is 1. The molecule has 1 heterocycles. The van der Waals surface area contributed by atoms with Crippen molar-refractivity contribution in [3.8, 4) is 5.75 Å². The molecule has 22 heavy (non-hydrogen) atoms. The Hall–Kier alpha value is -1.78. The first-order valence-electron chi connectivity index (χ1n) is 6.69. The van der Waals surface area contributed by atoms with E-state index in [2.05, 4.69) is 10.3 Å². The van der Waals surface area contributed by atoms with Crippen molar-refractivity contribution >= 4 is 29.9 Å². The highest BCUT2D eigenvalue weighted by Crippen LogP contribution is 2.26. The lowest BCUT2D eigenvalue weighted by molar-refractivity contribution is 0.0951. The molecule has 1 N–H and O–H groups in total. The molecule has 1 aromatic carbocycles. The molecule has 118 valence electrons. The van der Waals surface area contributed by atoms with Gasteiger partial charge < -0.3 is 10.1 Å². The molecule has 0 radical (unpaired) electrons. The number of nitrogens with zero attached hydrogens (tertiary/aromatic N) is 1. The van der Waals surface area contributed by atoms with Gasteiger partial charge in [0.1, 0.15) is 5.75 Å². The van der Waals surface area contributed by atoms with Crippen LogP contribution in [0.5, 0.6) is 5.75 Å². The van der Waals surface area contributed by atoms with Gasteiger partial charge in [0, 0.05) is 24.5 Å². The maximum atomic E-state index is 11.9. The maximum Gasteiger partial charge on any atom is 0.251 e. The van der Waals surface area contributed by atoms with Gasteiger partial charge in [-0.1, -0.05) is 17.7 Å². The number of amides is 1. The highest BCUT2D eigenvalue weighted by atomic mass is 35.5. The van der Waals surface area contributed by atoms with Crippen molar-refractivity contribution in [3.05, 3.63) is 58.9 Å². The first kappa shape index (κ1) is 18.3. The van der Waals surface area contributed by atoms with Crippen molar-refractivity contribution in [1.29, 1.82) is 0 Å². The number of halogens is 2. The summed E-state index contributed by atoms with van der Waals surface area (Å²) < 4.78 is 5.57. The summed E-state index contributed by atoms with van der Waals surface area (Å²) in [6.07, 6.45) is 3.24. The third kappa shape index (κ3) is 5.20. The average molecular weight is 341 g/mol. The van der Waals surface area contributed by atoms with Crippen LogP contribution in [0.2, 0.25) is 5.02 Å². The summed E-state index contributed by atoms with van der Waals surface area (Å²) in [5.41, 5.74) is 1.49. The first-order valence-corrected chi connectivity index (χ1v) is 7.07. The predicted molar refractivity (Wildman–Crippen MR) is 89.9 cm³/mol. The van der Waals surface area contributed by atoms with Crippen LogP contribution < -0.4 is 10.1 Å². The molecule has 0 aliphatic rings. The van der Waals surface area contributed by atoms with E-state index in [1.807, 2.05) is 26.0 Å². The van der Waals surface area contributed by atoms with Gasteiger partial charge in [-0.3, -0.25) is 9.78 Å². The second-order valence-corrected chi connectivity index (χ2v) is 5.26. The lowest BCUT2D eigenvalue weighted by Gasteiger charge is -2.12. The number of pyridine rings is 1. The summed E-state index contributed by atoms with van der Waals surface area (Å²) in [5.74, 6) is 0.506. The van der Waals surface area contributed by atoms with E-state index in [0.29, 0.717) is 22.9 Å².